The number of rotatable bonds is 2. The highest BCUT2D eigenvalue weighted by Crippen LogP contribution is 2.34. The molecular weight excluding hydrogens is 336 g/mol. The average Bonchev–Trinajstić information content (AvgIpc) is 3.17. The lowest BCUT2D eigenvalue weighted by molar-refractivity contribution is -0.145. The van der Waals surface area contributed by atoms with Gasteiger partial charge >= 0.3 is 7.40 Å². The Bertz CT molecular complexity index is 399. The van der Waals surface area contributed by atoms with Crippen molar-refractivity contribution in [3.8, 4) is 0 Å². The molecule has 2 saturated heterocycles. The van der Waals surface area contributed by atoms with E-state index in [1.54, 1.807) is 0 Å². The van der Waals surface area contributed by atoms with Crippen molar-refractivity contribution in [2.45, 2.75) is 102 Å². The lowest BCUT2D eigenvalue weighted by Crippen LogP contribution is -2.38. The van der Waals surface area contributed by atoms with E-state index in [0.29, 0.717) is 12.6 Å². The Labute approximate surface area is 161 Å². The maximum atomic E-state index is 11.5. The van der Waals surface area contributed by atoms with Crippen LogP contribution in [0.25, 0.3) is 0 Å². The minimum absolute atomic E-state index is 0. The molecule has 0 radical (unpaired) electrons. The molecule has 2 saturated carbocycles. The normalized spacial score (nSPS) is 39.3. The highest BCUT2D eigenvalue weighted by Gasteiger charge is 2.38. The van der Waals surface area contributed by atoms with Crippen LogP contribution in [-0.2, 0) is 9.53 Å². The molecule has 25 heavy (non-hydrogen) atoms. The zero-order valence-corrected chi connectivity index (χ0v) is 16.8. The molecule has 4 rings (SSSR count). The van der Waals surface area contributed by atoms with Crippen molar-refractivity contribution in [3.63, 3.8) is 0 Å². The summed E-state index contributed by atoms with van der Waals surface area (Å²) in [6.45, 7) is 4.67. The molecule has 0 aromatic rings. The molecule has 6 atom stereocenters. The van der Waals surface area contributed by atoms with E-state index in [-0.39, 0.29) is 25.8 Å². The Kier molecular flexibility index (Phi) is 8.50. The van der Waals surface area contributed by atoms with Crippen molar-refractivity contribution in [2.75, 3.05) is 6.61 Å². The zero-order chi connectivity index (χ0) is 16.9. The van der Waals surface area contributed by atoms with Gasteiger partial charge in [-0.3, -0.25) is 4.79 Å². The summed E-state index contributed by atoms with van der Waals surface area (Å²) >= 11 is 0. The zero-order valence-electron chi connectivity index (χ0n) is 17.0. The second kappa shape index (κ2) is 10.1. The van der Waals surface area contributed by atoms with Gasteiger partial charge in [0.2, 0.25) is 0 Å². The van der Waals surface area contributed by atoms with E-state index < -0.39 is 0 Å². The maximum Gasteiger partial charge on any atom is 1.00 e. The summed E-state index contributed by atoms with van der Waals surface area (Å²) in [5.74, 6) is 1.70. The summed E-state index contributed by atoms with van der Waals surface area (Å²) in [4.78, 5) is 11.5. The van der Waals surface area contributed by atoms with Crippen LogP contribution in [0.5, 0.6) is 0 Å². The number of ether oxygens (including phenoxy) is 1. The Morgan fingerprint density at radius 2 is 1.52 bits per heavy atom. The van der Waals surface area contributed by atoms with Crippen molar-refractivity contribution in [3.05, 3.63) is 0 Å². The molecule has 5 heteroatoms. The topological polar surface area (TPSA) is 50.4 Å². The first-order valence-corrected chi connectivity index (χ1v) is 10.4. The van der Waals surface area contributed by atoms with E-state index in [0.717, 1.165) is 30.3 Å². The van der Waals surface area contributed by atoms with Crippen LogP contribution in [0, 0.1) is 11.8 Å². The molecule has 4 nitrogen and oxygen atoms in total. The SMILES string of the molecule is CCOC(=O)[C@@H]1C[C@H]2CCCC[C@@H]2N1.C[C@@H]1C[C@H]2CCCC[C@@H]2N1.Cl.[H+]. The summed E-state index contributed by atoms with van der Waals surface area (Å²) in [7, 11) is 0. The van der Waals surface area contributed by atoms with Gasteiger partial charge in [-0.2, -0.15) is 0 Å². The molecule has 0 amide bonds. The monoisotopic (exact) mass is 373 g/mol. The first-order chi connectivity index (χ1) is 11.7. The number of hydrogen-bond acceptors (Lipinski definition) is 4. The van der Waals surface area contributed by atoms with Crippen LogP contribution < -0.4 is 10.6 Å². The fourth-order valence-corrected chi connectivity index (χ4v) is 5.34. The quantitative estimate of drug-likeness (QED) is 0.720. The van der Waals surface area contributed by atoms with Crippen LogP contribution in [-0.4, -0.2) is 36.7 Å². The van der Waals surface area contributed by atoms with E-state index >= 15 is 0 Å². The second-order valence-electron chi connectivity index (χ2n) is 8.31. The van der Waals surface area contributed by atoms with Gasteiger partial charge in [0.1, 0.15) is 6.04 Å². The van der Waals surface area contributed by atoms with Crippen LogP contribution in [0.1, 0.15) is 79.5 Å². The number of fused-ring (bicyclic) bond motifs is 2. The number of esters is 1. The number of carbonyl (C=O) groups excluding carboxylic acids is 1. The summed E-state index contributed by atoms with van der Waals surface area (Å²) < 4.78 is 5.03. The molecule has 0 bridgehead atoms. The molecule has 2 aliphatic carbocycles. The van der Waals surface area contributed by atoms with E-state index in [1.807, 2.05) is 6.92 Å². The van der Waals surface area contributed by atoms with Crippen LogP contribution in [0.3, 0.4) is 0 Å². The predicted octanol–water partition coefficient (Wildman–Crippen LogP) is 3.93. The molecular formula is C20H38ClN2O2+. The van der Waals surface area contributed by atoms with Gasteiger partial charge in [-0.15, -0.1) is 12.4 Å². The Balaban J connectivity index is 0.000000252. The van der Waals surface area contributed by atoms with Gasteiger partial charge in [-0.25, -0.2) is 0 Å². The second-order valence-corrected chi connectivity index (χ2v) is 8.31. The van der Waals surface area contributed by atoms with Gasteiger partial charge in [-0.05, 0) is 64.2 Å². The van der Waals surface area contributed by atoms with Crippen molar-refractivity contribution in [1.29, 1.82) is 0 Å². The predicted molar refractivity (Wildman–Crippen MR) is 105 cm³/mol. The van der Waals surface area contributed by atoms with Crippen LogP contribution >= 0.6 is 12.4 Å². The molecule has 4 fully saturated rings. The lowest BCUT2D eigenvalue weighted by Gasteiger charge is -2.24. The first-order valence-electron chi connectivity index (χ1n) is 10.4. The summed E-state index contributed by atoms with van der Waals surface area (Å²) in [5, 5.41) is 7.06. The average molecular weight is 374 g/mol. The van der Waals surface area contributed by atoms with Crippen LogP contribution in [0.4, 0.5) is 0 Å². The van der Waals surface area contributed by atoms with Gasteiger partial charge in [0, 0.05) is 18.1 Å². The number of carbonyl (C=O) groups is 1. The van der Waals surface area contributed by atoms with Crippen LogP contribution in [0.2, 0.25) is 0 Å². The van der Waals surface area contributed by atoms with Gasteiger partial charge in [0.15, 0.2) is 0 Å². The lowest BCUT2D eigenvalue weighted by atomic mass is 9.85. The van der Waals surface area contributed by atoms with Crippen molar-refractivity contribution in [1.82, 2.24) is 10.6 Å². The third-order valence-electron chi connectivity index (χ3n) is 6.50. The molecule has 146 valence electrons. The third-order valence-corrected chi connectivity index (χ3v) is 6.50. The van der Waals surface area contributed by atoms with E-state index in [4.69, 9.17) is 4.74 Å². The molecule has 2 heterocycles. The molecule has 0 unspecified atom stereocenters. The van der Waals surface area contributed by atoms with Crippen molar-refractivity contribution < 1.29 is 11.0 Å². The summed E-state index contributed by atoms with van der Waals surface area (Å²) in [6, 6.07) is 2.25. The number of halogens is 1. The molecule has 4 aliphatic rings. The standard InChI is InChI=1S/C11H19NO2.C9H17N.ClH/c1-2-14-11(13)10-7-8-5-3-4-6-9(8)12-10;1-7-6-8-4-2-3-5-9(8)10-7;/h8-10,12H,2-7H2,1H3;7-10H,2-6H2,1H3;1H/p+1/t8-,9+,10+;7-,8-,9+;/m11./s1. The van der Waals surface area contributed by atoms with Gasteiger partial charge in [-0.1, -0.05) is 25.7 Å². The van der Waals surface area contributed by atoms with E-state index in [2.05, 4.69) is 17.6 Å². The Hall–Kier alpha value is -0.320. The molecule has 0 spiro atoms. The largest absolute Gasteiger partial charge is 1.00 e. The Morgan fingerprint density at radius 3 is 2.08 bits per heavy atom. The van der Waals surface area contributed by atoms with Crippen LogP contribution in [0.15, 0.2) is 0 Å². The fraction of sp³-hybridized carbons (Fsp3) is 0.950. The highest BCUT2D eigenvalue weighted by atomic mass is 35.5. The molecule has 2 aliphatic heterocycles. The maximum absolute atomic E-state index is 11.5. The van der Waals surface area contributed by atoms with Gasteiger partial charge < -0.3 is 15.4 Å². The first kappa shape index (κ1) is 21.0. The highest BCUT2D eigenvalue weighted by molar-refractivity contribution is 5.85. The van der Waals surface area contributed by atoms with Crippen molar-refractivity contribution in [2.24, 2.45) is 11.8 Å². The minimum atomic E-state index is -0.0538. The van der Waals surface area contributed by atoms with Gasteiger partial charge in [0.25, 0.3) is 0 Å². The Morgan fingerprint density at radius 1 is 0.960 bits per heavy atom. The molecule has 0 aromatic heterocycles. The fourth-order valence-electron chi connectivity index (χ4n) is 5.34. The minimum Gasteiger partial charge on any atom is -0.465 e. The van der Waals surface area contributed by atoms with E-state index in [9.17, 15) is 4.79 Å². The van der Waals surface area contributed by atoms with Gasteiger partial charge in [0.05, 0.1) is 6.61 Å². The number of nitrogens with one attached hydrogen (secondary N) is 2. The van der Waals surface area contributed by atoms with E-state index in [1.165, 1.54) is 57.8 Å². The molecule has 0 aromatic carbocycles. The third kappa shape index (κ3) is 5.58. The smallest absolute Gasteiger partial charge is 0.465 e. The van der Waals surface area contributed by atoms with Crippen molar-refractivity contribution >= 4 is 18.4 Å². The number of hydrogen-bond donors (Lipinski definition) is 2. The molecule has 2 N–H and O–H groups in total. The summed E-state index contributed by atoms with van der Waals surface area (Å²) in [6.07, 6.45) is 13.5. The summed E-state index contributed by atoms with van der Waals surface area (Å²) in [5.41, 5.74) is 0.